The Morgan fingerprint density at radius 3 is 2.45 bits per heavy atom. The summed E-state index contributed by atoms with van der Waals surface area (Å²) in [6, 6.07) is 9.33. The summed E-state index contributed by atoms with van der Waals surface area (Å²) in [6.07, 6.45) is 2.35. The van der Waals surface area contributed by atoms with Crippen molar-refractivity contribution in [3.8, 4) is 0 Å². The average Bonchev–Trinajstić information content (AvgIpc) is 3.24. The van der Waals surface area contributed by atoms with Gasteiger partial charge in [-0.05, 0) is 56.5 Å². The molecule has 3 rings (SSSR count). The second-order valence-corrected chi connectivity index (χ2v) is 6.89. The maximum Gasteiger partial charge on any atom is 0.338 e. The first-order valence-electron chi connectivity index (χ1n) is 9.52. The molecular formula is C21H23N3O5. The van der Waals surface area contributed by atoms with Crippen molar-refractivity contribution in [2.75, 3.05) is 29.9 Å². The molecule has 8 heteroatoms. The SMILES string of the molecule is CCOC(=O)c1cc(C(=O)Nc2ccc(N3CCCC3)cc2C)cc([N+](=O)[O-])c1. The van der Waals surface area contributed by atoms with Crippen molar-refractivity contribution in [3.05, 3.63) is 63.2 Å². The number of benzene rings is 2. The van der Waals surface area contributed by atoms with Crippen LogP contribution in [0.1, 0.15) is 46.0 Å². The zero-order valence-corrected chi connectivity index (χ0v) is 16.4. The van der Waals surface area contributed by atoms with Gasteiger partial charge in [-0.15, -0.1) is 0 Å². The molecule has 2 aromatic rings. The van der Waals surface area contributed by atoms with Crippen LogP contribution in [0, 0.1) is 17.0 Å². The van der Waals surface area contributed by atoms with Gasteiger partial charge in [0.25, 0.3) is 11.6 Å². The zero-order chi connectivity index (χ0) is 21.0. The van der Waals surface area contributed by atoms with Gasteiger partial charge in [-0.2, -0.15) is 0 Å². The topological polar surface area (TPSA) is 102 Å². The highest BCUT2D eigenvalue weighted by Crippen LogP contribution is 2.26. The smallest absolute Gasteiger partial charge is 0.338 e. The van der Waals surface area contributed by atoms with E-state index >= 15 is 0 Å². The van der Waals surface area contributed by atoms with Gasteiger partial charge in [0.05, 0.1) is 17.1 Å². The normalized spacial score (nSPS) is 13.2. The summed E-state index contributed by atoms with van der Waals surface area (Å²) in [5.74, 6) is -1.24. The molecule has 1 aliphatic rings. The highest BCUT2D eigenvalue weighted by atomic mass is 16.6. The van der Waals surface area contributed by atoms with E-state index < -0.39 is 16.8 Å². The van der Waals surface area contributed by atoms with Crippen molar-refractivity contribution in [2.24, 2.45) is 0 Å². The van der Waals surface area contributed by atoms with Gasteiger partial charge in [-0.1, -0.05) is 0 Å². The Morgan fingerprint density at radius 2 is 1.83 bits per heavy atom. The van der Waals surface area contributed by atoms with E-state index in [0.29, 0.717) is 5.69 Å². The van der Waals surface area contributed by atoms with Crippen molar-refractivity contribution in [1.82, 2.24) is 0 Å². The number of nitro groups is 1. The molecule has 0 aliphatic carbocycles. The molecule has 1 fully saturated rings. The lowest BCUT2D eigenvalue weighted by atomic mass is 10.1. The van der Waals surface area contributed by atoms with Gasteiger partial charge < -0.3 is 15.0 Å². The Kier molecular flexibility index (Phi) is 6.11. The fraction of sp³-hybridized carbons (Fsp3) is 0.333. The number of non-ortho nitro benzene ring substituents is 1. The first-order chi connectivity index (χ1) is 13.9. The number of nitrogens with one attached hydrogen (secondary N) is 1. The molecular weight excluding hydrogens is 374 g/mol. The summed E-state index contributed by atoms with van der Waals surface area (Å²) in [7, 11) is 0. The number of rotatable bonds is 6. The maximum atomic E-state index is 12.7. The highest BCUT2D eigenvalue weighted by molar-refractivity contribution is 6.06. The van der Waals surface area contributed by atoms with Crippen molar-refractivity contribution < 1.29 is 19.2 Å². The van der Waals surface area contributed by atoms with Crippen molar-refractivity contribution in [3.63, 3.8) is 0 Å². The molecule has 1 aliphatic heterocycles. The van der Waals surface area contributed by atoms with Crippen LogP contribution in [0.2, 0.25) is 0 Å². The molecule has 1 heterocycles. The van der Waals surface area contributed by atoms with E-state index in [-0.39, 0.29) is 23.4 Å². The number of nitro benzene ring substituents is 1. The van der Waals surface area contributed by atoms with E-state index in [4.69, 9.17) is 4.74 Å². The van der Waals surface area contributed by atoms with Gasteiger partial charge in [0.15, 0.2) is 0 Å². The minimum atomic E-state index is -0.712. The molecule has 152 valence electrons. The molecule has 0 spiro atoms. The van der Waals surface area contributed by atoms with Crippen molar-refractivity contribution in [1.29, 1.82) is 0 Å². The number of aryl methyl sites for hydroxylation is 1. The van der Waals surface area contributed by atoms with Crippen LogP contribution in [0.5, 0.6) is 0 Å². The first kappa shape index (κ1) is 20.3. The molecule has 1 amide bonds. The summed E-state index contributed by atoms with van der Waals surface area (Å²) in [4.78, 5) is 37.6. The number of ether oxygens (including phenoxy) is 1. The minimum absolute atomic E-state index is 0.0188. The van der Waals surface area contributed by atoms with Crippen LogP contribution in [-0.4, -0.2) is 36.5 Å². The number of hydrogen-bond donors (Lipinski definition) is 1. The lowest BCUT2D eigenvalue weighted by molar-refractivity contribution is -0.384. The Bertz CT molecular complexity index is 951. The molecule has 0 atom stereocenters. The number of carbonyl (C=O) groups excluding carboxylic acids is 2. The molecule has 8 nitrogen and oxygen atoms in total. The van der Waals surface area contributed by atoms with Gasteiger partial charge in [0.1, 0.15) is 0 Å². The van der Waals surface area contributed by atoms with E-state index in [9.17, 15) is 19.7 Å². The minimum Gasteiger partial charge on any atom is -0.462 e. The van der Waals surface area contributed by atoms with Crippen LogP contribution in [0.3, 0.4) is 0 Å². The third-order valence-corrected chi connectivity index (χ3v) is 4.83. The van der Waals surface area contributed by atoms with E-state index in [1.807, 2.05) is 25.1 Å². The van der Waals surface area contributed by atoms with Crippen LogP contribution in [0.25, 0.3) is 0 Å². The lowest BCUT2D eigenvalue weighted by Gasteiger charge is -2.19. The first-order valence-corrected chi connectivity index (χ1v) is 9.52. The van der Waals surface area contributed by atoms with E-state index in [1.54, 1.807) is 6.92 Å². The highest BCUT2D eigenvalue weighted by Gasteiger charge is 2.20. The molecule has 29 heavy (non-hydrogen) atoms. The summed E-state index contributed by atoms with van der Waals surface area (Å²) >= 11 is 0. The Morgan fingerprint density at radius 1 is 1.14 bits per heavy atom. The zero-order valence-electron chi connectivity index (χ0n) is 16.4. The fourth-order valence-corrected chi connectivity index (χ4v) is 3.33. The summed E-state index contributed by atoms with van der Waals surface area (Å²) in [5.41, 5.74) is 2.25. The van der Waals surface area contributed by atoms with Crippen LogP contribution in [-0.2, 0) is 4.74 Å². The molecule has 1 saturated heterocycles. The Balaban J connectivity index is 1.84. The monoisotopic (exact) mass is 397 g/mol. The molecule has 0 aromatic heterocycles. The summed E-state index contributed by atoms with van der Waals surface area (Å²) in [5, 5.41) is 14.0. The second-order valence-electron chi connectivity index (χ2n) is 6.89. The summed E-state index contributed by atoms with van der Waals surface area (Å²) in [6.45, 7) is 5.71. The number of carbonyl (C=O) groups is 2. The number of anilines is 2. The molecule has 0 saturated carbocycles. The molecule has 1 N–H and O–H groups in total. The van der Waals surface area contributed by atoms with Crippen LogP contribution >= 0.6 is 0 Å². The van der Waals surface area contributed by atoms with Gasteiger partial charge in [-0.3, -0.25) is 14.9 Å². The number of amides is 1. The fourth-order valence-electron chi connectivity index (χ4n) is 3.33. The van der Waals surface area contributed by atoms with Crippen LogP contribution < -0.4 is 10.2 Å². The Hall–Kier alpha value is -3.42. The molecule has 2 aromatic carbocycles. The van der Waals surface area contributed by atoms with Crippen molar-refractivity contribution >= 4 is 28.9 Å². The van der Waals surface area contributed by atoms with Gasteiger partial charge in [0, 0.05) is 42.2 Å². The second kappa shape index (κ2) is 8.72. The Labute approximate surface area is 168 Å². The third-order valence-electron chi connectivity index (χ3n) is 4.83. The number of esters is 1. The van der Waals surface area contributed by atoms with Gasteiger partial charge >= 0.3 is 5.97 Å². The van der Waals surface area contributed by atoms with Crippen LogP contribution in [0.4, 0.5) is 17.1 Å². The van der Waals surface area contributed by atoms with Gasteiger partial charge in [0.2, 0.25) is 0 Å². The van der Waals surface area contributed by atoms with E-state index in [1.165, 1.54) is 18.9 Å². The predicted octanol–water partition coefficient (Wildman–Crippen LogP) is 3.93. The maximum absolute atomic E-state index is 12.7. The third kappa shape index (κ3) is 4.71. The molecule has 0 bridgehead atoms. The lowest BCUT2D eigenvalue weighted by Crippen LogP contribution is -2.18. The van der Waals surface area contributed by atoms with E-state index in [2.05, 4.69) is 10.2 Å². The molecule has 0 radical (unpaired) electrons. The summed E-state index contributed by atoms with van der Waals surface area (Å²) < 4.78 is 4.90. The van der Waals surface area contributed by atoms with Crippen LogP contribution in [0.15, 0.2) is 36.4 Å². The average molecular weight is 397 g/mol. The largest absolute Gasteiger partial charge is 0.462 e. The number of nitrogens with zero attached hydrogens (tertiary/aromatic N) is 2. The standard InChI is InChI=1S/C21H23N3O5/c1-3-29-21(26)16-11-15(12-18(13-16)24(27)28)20(25)22-19-7-6-17(10-14(19)2)23-8-4-5-9-23/h6-7,10-13H,3-5,8-9H2,1-2H3,(H,22,25). The van der Waals surface area contributed by atoms with Gasteiger partial charge in [-0.25, -0.2) is 4.79 Å². The quantitative estimate of drug-likeness (QED) is 0.450. The molecule has 0 unspecified atom stereocenters. The van der Waals surface area contributed by atoms with Crippen molar-refractivity contribution in [2.45, 2.75) is 26.7 Å². The number of hydrogen-bond acceptors (Lipinski definition) is 6. The predicted molar refractivity (Wildman–Crippen MR) is 110 cm³/mol. The van der Waals surface area contributed by atoms with E-state index in [0.717, 1.165) is 36.5 Å².